The average molecular weight is 223 g/mol. The predicted molar refractivity (Wildman–Crippen MR) is 60.7 cm³/mol. The summed E-state index contributed by atoms with van der Waals surface area (Å²) in [5, 5.41) is 0. The van der Waals surface area contributed by atoms with Crippen LogP contribution in [0.5, 0.6) is 0 Å². The zero-order valence-corrected chi connectivity index (χ0v) is 10.2. The van der Waals surface area contributed by atoms with Crippen LogP contribution < -0.4 is 0 Å². The van der Waals surface area contributed by atoms with Crippen LogP contribution in [-0.4, -0.2) is 30.2 Å². The van der Waals surface area contributed by atoms with Gasteiger partial charge in [-0.1, -0.05) is 20.3 Å². The van der Waals surface area contributed by atoms with Crippen LogP contribution in [0.15, 0.2) is 0 Å². The molecular formula is C13H21NO2. The second-order valence-electron chi connectivity index (χ2n) is 5.96. The molecule has 0 spiro atoms. The van der Waals surface area contributed by atoms with Crippen molar-refractivity contribution in [3.8, 4) is 0 Å². The van der Waals surface area contributed by atoms with E-state index in [-0.39, 0.29) is 5.41 Å². The van der Waals surface area contributed by atoms with E-state index in [1.54, 1.807) is 0 Å². The van der Waals surface area contributed by atoms with Gasteiger partial charge in [0.1, 0.15) is 6.73 Å². The van der Waals surface area contributed by atoms with Crippen LogP contribution >= 0.6 is 0 Å². The van der Waals surface area contributed by atoms with Crippen LogP contribution in [0.25, 0.3) is 0 Å². The van der Waals surface area contributed by atoms with Gasteiger partial charge >= 0.3 is 0 Å². The first-order chi connectivity index (χ1) is 7.66. The third-order valence-electron chi connectivity index (χ3n) is 5.08. The molecule has 16 heavy (non-hydrogen) atoms. The zero-order chi connectivity index (χ0) is 11.3. The van der Waals surface area contributed by atoms with Gasteiger partial charge in [0.25, 0.3) is 0 Å². The minimum absolute atomic E-state index is 0.0489. The maximum atomic E-state index is 12.6. The number of carbonyl (C=O) groups excluding carboxylic acids is 1. The highest BCUT2D eigenvalue weighted by atomic mass is 16.5. The third-order valence-corrected chi connectivity index (χ3v) is 5.08. The highest BCUT2D eigenvalue weighted by Crippen LogP contribution is 2.55. The Morgan fingerprint density at radius 1 is 1.44 bits per heavy atom. The lowest BCUT2D eigenvalue weighted by atomic mass is 9.59. The molecule has 1 unspecified atom stereocenters. The Balaban J connectivity index is 1.92. The monoisotopic (exact) mass is 223 g/mol. The van der Waals surface area contributed by atoms with Gasteiger partial charge in [0, 0.05) is 0 Å². The number of ether oxygens (including phenoxy) is 1. The summed E-state index contributed by atoms with van der Waals surface area (Å²) in [6.45, 7) is 5.73. The van der Waals surface area contributed by atoms with Crippen LogP contribution in [0.4, 0.5) is 0 Å². The second kappa shape index (κ2) is 3.46. The maximum absolute atomic E-state index is 12.6. The quantitative estimate of drug-likeness (QED) is 0.716. The molecule has 0 bridgehead atoms. The van der Waals surface area contributed by atoms with Gasteiger partial charge in [0.15, 0.2) is 0 Å². The van der Waals surface area contributed by atoms with Gasteiger partial charge in [-0.05, 0) is 31.1 Å². The molecule has 3 fully saturated rings. The van der Waals surface area contributed by atoms with E-state index in [9.17, 15) is 4.79 Å². The van der Waals surface area contributed by atoms with Gasteiger partial charge in [0.2, 0.25) is 5.91 Å². The van der Waals surface area contributed by atoms with Crippen LogP contribution in [0.1, 0.15) is 39.5 Å². The van der Waals surface area contributed by atoms with E-state index in [4.69, 9.17) is 4.74 Å². The van der Waals surface area contributed by atoms with E-state index in [1.807, 2.05) is 4.90 Å². The molecule has 3 heteroatoms. The predicted octanol–water partition coefficient (Wildman–Crippen LogP) is 2.02. The summed E-state index contributed by atoms with van der Waals surface area (Å²) >= 11 is 0. The molecule has 2 heterocycles. The van der Waals surface area contributed by atoms with Crippen molar-refractivity contribution in [3.05, 3.63) is 0 Å². The van der Waals surface area contributed by atoms with Crippen molar-refractivity contribution in [2.24, 2.45) is 17.3 Å². The number of rotatable bonds is 2. The minimum atomic E-state index is -0.0489. The number of fused-ring (bicyclic) bond motifs is 1. The van der Waals surface area contributed by atoms with Crippen molar-refractivity contribution in [2.45, 2.75) is 45.6 Å². The Labute approximate surface area is 97.1 Å². The molecule has 0 aromatic rings. The summed E-state index contributed by atoms with van der Waals surface area (Å²) in [5.41, 5.74) is -0.0489. The largest absolute Gasteiger partial charge is 0.359 e. The van der Waals surface area contributed by atoms with E-state index in [0.29, 0.717) is 30.5 Å². The Morgan fingerprint density at radius 2 is 2.19 bits per heavy atom. The Morgan fingerprint density at radius 3 is 2.69 bits per heavy atom. The summed E-state index contributed by atoms with van der Waals surface area (Å²) < 4.78 is 5.39. The third kappa shape index (κ3) is 1.15. The number of amides is 1. The number of nitrogens with zero attached hydrogens (tertiary/aromatic N) is 1. The first-order valence-corrected chi connectivity index (χ1v) is 6.55. The van der Waals surface area contributed by atoms with Crippen molar-refractivity contribution < 1.29 is 9.53 Å². The van der Waals surface area contributed by atoms with Crippen molar-refractivity contribution in [3.63, 3.8) is 0 Å². The SMILES string of the molecule is CC(C)[C@@]1(C2CCC2)CC2COCN2C1=O. The van der Waals surface area contributed by atoms with E-state index in [2.05, 4.69) is 13.8 Å². The molecule has 3 nitrogen and oxygen atoms in total. The molecule has 2 saturated heterocycles. The topological polar surface area (TPSA) is 29.5 Å². The fourth-order valence-electron chi connectivity index (χ4n) is 3.84. The van der Waals surface area contributed by atoms with E-state index >= 15 is 0 Å². The molecule has 0 aromatic carbocycles. The van der Waals surface area contributed by atoms with Gasteiger partial charge in [-0.3, -0.25) is 4.79 Å². The number of hydrogen-bond acceptors (Lipinski definition) is 2. The van der Waals surface area contributed by atoms with Crippen molar-refractivity contribution in [1.82, 2.24) is 4.90 Å². The summed E-state index contributed by atoms with van der Waals surface area (Å²) in [6, 6.07) is 0.371. The highest BCUT2D eigenvalue weighted by Gasteiger charge is 2.59. The fourth-order valence-corrected chi connectivity index (χ4v) is 3.84. The van der Waals surface area contributed by atoms with E-state index < -0.39 is 0 Å². The van der Waals surface area contributed by atoms with Crippen molar-refractivity contribution in [1.29, 1.82) is 0 Å². The molecule has 90 valence electrons. The van der Waals surface area contributed by atoms with Crippen molar-refractivity contribution in [2.75, 3.05) is 13.3 Å². The summed E-state index contributed by atoms with van der Waals surface area (Å²) in [6.07, 6.45) is 4.86. The molecule has 0 aromatic heterocycles. The number of hydrogen-bond donors (Lipinski definition) is 0. The smallest absolute Gasteiger partial charge is 0.231 e. The van der Waals surface area contributed by atoms with E-state index in [0.717, 1.165) is 13.0 Å². The molecule has 2 aliphatic heterocycles. The standard InChI is InChI=1S/C13H21NO2/c1-9(2)13(10-4-3-5-10)6-11-7-16-8-14(11)12(13)15/h9-11H,3-8H2,1-2H3/t11?,13-/m1/s1. The lowest BCUT2D eigenvalue weighted by molar-refractivity contribution is -0.146. The lowest BCUT2D eigenvalue weighted by Crippen LogP contribution is -2.46. The van der Waals surface area contributed by atoms with Crippen LogP contribution in [0.3, 0.4) is 0 Å². The molecule has 0 radical (unpaired) electrons. The zero-order valence-electron chi connectivity index (χ0n) is 10.2. The normalized spacial score (nSPS) is 39.3. The Bertz CT molecular complexity index is 311. The lowest BCUT2D eigenvalue weighted by Gasteiger charge is -2.44. The molecule has 3 rings (SSSR count). The number of carbonyl (C=O) groups is 1. The first kappa shape index (κ1) is 10.6. The minimum Gasteiger partial charge on any atom is -0.359 e. The second-order valence-corrected chi connectivity index (χ2v) is 5.96. The molecule has 2 atom stereocenters. The highest BCUT2D eigenvalue weighted by molar-refractivity contribution is 5.86. The molecule has 3 aliphatic rings. The van der Waals surface area contributed by atoms with Crippen LogP contribution in [-0.2, 0) is 9.53 Å². The molecule has 1 saturated carbocycles. The van der Waals surface area contributed by atoms with Gasteiger partial charge < -0.3 is 9.64 Å². The maximum Gasteiger partial charge on any atom is 0.231 e. The molecular weight excluding hydrogens is 202 g/mol. The van der Waals surface area contributed by atoms with Crippen molar-refractivity contribution >= 4 is 5.91 Å². The summed E-state index contributed by atoms with van der Waals surface area (Å²) in [5.74, 6) is 1.50. The molecule has 1 amide bonds. The average Bonchev–Trinajstić information content (AvgIpc) is 2.67. The van der Waals surface area contributed by atoms with Crippen LogP contribution in [0.2, 0.25) is 0 Å². The van der Waals surface area contributed by atoms with Gasteiger partial charge in [-0.15, -0.1) is 0 Å². The summed E-state index contributed by atoms with van der Waals surface area (Å²) in [4.78, 5) is 14.6. The van der Waals surface area contributed by atoms with E-state index in [1.165, 1.54) is 19.3 Å². The fraction of sp³-hybridized carbons (Fsp3) is 0.923. The summed E-state index contributed by atoms with van der Waals surface area (Å²) in [7, 11) is 0. The van der Waals surface area contributed by atoms with Crippen LogP contribution in [0, 0.1) is 17.3 Å². The molecule has 0 N–H and O–H groups in total. The van der Waals surface area contributed by atoms with Gasteiger partial charge in [0.05, 0.1) is 18.1 Å². The van der Waals surface area contributed by atoms with Gasteiger partial charge in [-0.2, -0.15) is 0 Å². The Hall–Kier alpha value is -0.570. The first-order valence-electron chi connectivity index (χ1n) is 6.55. The molecule has 1 aliphatic carbocycles. The van der Waals surface area contributed by atoms with Gasteiger partial charge in [-0.25, -0.2) is 0 Å². The Kier molecular flexibility index (Phi) is 2.29.